The Morgan fingerprint density at radius 3 is 2.81 bits per heavy atom. The number of rotatable bonds is 5. The van der Waals surface area contributed by atoms with Crippen molar-refractivity contribution >= 4 is 12.1 Å². The molecule has 1 aliphatic rings. The van der Waals surface area contributed by atoms with Gasteiger partial charge < -0.3 is 10.2 Å². The number of benzene rings is 1. The third-order valence-corrected chi connectivity index (χ3v) is 4.51. The zero-order valence-corrected chi connectivity index (χ0v) is 15.9. The lowest BCUT2D eigenvalue weighted by Gasteiger charge is -2.17. The van der Waals surface area contributed by atoms with E-state index < -0.39 is 0 Å². The van der Waals surface area contributed by atoms with Gasteiger partial charge in [0.05, 0.1) is 17.9 Å². The number of hydrogen-bond donors (Lipinski definition) is 1. The van der Waals surface area contributed by atoms with Crippen LogP contribution in [0, 0.1) is 5.82 Å². The number of aromatic nitrogens is 2. The minimum atomic E-state index is -0.217. The highest BCUT2D eigenvalue weighted by Crippen LogP contribution is 2.14. The molecule has 3 rings (SSSR count). The van der Waals surface area contributed by atoms with Crippen molar-refractivity contribution in [3.63, 3.8) is 0 Å². The molecule has 1 aromatic carbocycles. The first kappa shape index (κ1) is 19.1. The normalized spacial score (nSPS) is 14.8. The highest BCUT2D eigenvalue weighted by molar-refractivity contribution is 5.73. The molecule has 144 valence electrons. The first-order chi connectivity index (χ1) is 13.0. The van der Waals surface area contributed by atoms with E-state index in [2.05, 4.69) is 27.5 Å². The molecule has 0 atom stereocenters. The Morgan fingerprint density at radius 1 is 1.30 bits per heavy atom. The molecule has 0 fully saturated rings. The average molecular weight is 371 g/mol. The Balaban J connectivity index is 1.57. The first-order valence-corrected chi connectivity index (χ1v) is 9.16. The van der Waals surface area contributed by atoms with Crippen LogP contribution in [-0.4, -0.2) is 52.8 Å². The summed E-state index contributed by atoms with van der Waals surface area (Å²) in [4.78, 5) is 15.5. The number of amides is 2. The van der Waals surface area contributed by atoms with Gasteiger partial charge in [0.25, 0.3) is 0 Å². The Kier molecular flexibility index (Phi) is 6.24. The highest BCUT2D eigenvalue weighted by Gasteiger charge is 2.16. The fourth-order valence-corrected chi connectivity index (χ4v) is 3.07. The molecule has 6 nitrogen and oxygen atoms in total. The minimum absolute atomic E-state index is 0.120. The predicted octanol–water partition coefficient (Wildman–Crippen LogP) is 2.71. The number of aryl methyl sites for hydroxylation is 1. The van der Waals surface area contributed by atoms with Gasteiger partial charge in [0.1, 0.15) is 5.82 Å². The molecule has 0 saturated carbocycles. The summed E-state index contributed by atoms with van der Waals surface area (Å²) >= 11 is 0. The molecule has 0 spiro atoms. The van der Waals surface area contributed by atoms with Crippen LogP contribution in [0.2, 0.25) is 0 Å². The number of nitrogens with one attached hydrogen (secondary N) is 1. The van der Waals surface area contributed by atoms with Crippen LogP contribution in [0.5, 0.6) is 0 Å². The van der Waals surface area contributed by atoms with Gasteiger partial charge in [-0.15, -0.1) is 0 Å². The van der Waals surface area contributed by atoms with Crippen molar-refractivity contribution in [3.05, 3.63) is 59.2 Å². The topological polar surface area (TPSA) is 53.4 Å². The Bertz CT molecular complexity index is 797. The summed E-state index contributed by atoms with van der Waals surface area (Å²) in [5.74, 6) is -0.217. The summed E-state index contributed by atoms with van der Waals surface area (Å²) in [5.41, 5.74) is 3.04. The lowest BCUT2D eigenvalue weighted by molar-refractivity contribution is 0.217. The van der Waals surface area contributed by atoms with Crippen molar-refractivity contribution in [2.45, 2.75) is 26.1 Å². The van der Waals surface area contributed by atoms with Crippen LogP contribution in [0.3, 0.4) is 0 Å². The van der Waals surface area contributed by atoms with E-state index in [1.165, 1.54) is 17.0 Å². The predicted molar refractivity (Wildman–Crippen MR) is 103 cm³/mol. The third kappa shape index (κ3) is 5.40. The SMILES string of the molecule is CN(C)C(=O)NCc1cc2n(n1)CCCN(C/C=C/c1ccc(F)cc1)C2. The largest absolute Gasteiger partial charge is 0.332 e. The second-order valence-corrected chi connectivity index (χ2v) is 6.95. The number of carbonyl (C=O) groups is 1. The summed E-state index contributed by atoms with van der Waals surface area (Å²) in [6, 6.07) is 8.44. The average Bonchev–Trinajstić information content (AvgIpc) is 2.92. The number of hydrogen-bond acceptors (Lipinski definition) is 3. The van der Waals surface area contributed by atoms with E-state index in [-0.39, 0.29) is 11.8 Å². The van der Waals surface area contributed by atoms with Crippen LogP contribution in [0.25, 0.3) is 6.08 Å². The summed E-state index contributed by atoms with van der Waals surface area (Å²) in [6.45, 7) is 3.97. The van der Waals surface area contributed by atoms with Gasteiger partial charge in [0.15, 0.2) is 0 Å². The van der Waals surface area contributed by atoms with Gasteiger partial charge in [-0.05, 0) is 30.2 Å². The molecule has 1 N–H and O–H groups in total. The van der Waals surface area contributed by atoms with Crippen LogP contribution in [0.4, 0.5) is 9.18 Å². The second kappa shape index (κ2) is 8.81. The quantitative estimate of drug-likeness (QED) is 0.879. The van der Waals surface area contributed by atoms with Crippen molar-refractivity contribution in [3.8, 4) is 0 Å². The van der Waals surface area contributed by atoms with E-state index in [4.69, 9.17) is 0 Å². The zero-order valence-electron chi connectivity index (χ0n) is 15.9. The van der Waals surface area contributed by atoms with Gasteiger partial charge in [0, 0.05) is 40.3 Å². The maximum Gasteiger partial charge on any atom is 0.317 e. The van der Waals surface area contributed by atoms with Crippen molar-refractivity contribution in [1.29, 1.82) is 0 Å². The van der Waals surface area contributed by atoms with Crippen molar-refractivity contribution in [1.82, 2.24) is 24.9 Å². The van der Waals surface area contributed by atoms with Crippen molar-refractivity contribution < 1.29 is 9.18 Å². The van der Waals surface area contributed by atoms with E-state index in [1.807, 2.05) is 10.8 Å². The molecule has 0 unspecified atom stereocenters. The molecule has 2 amide bonds. The number of carbonyl (C=O) groups excluding carboxylic acids is 1. The summed E-state index contributed by atoms with van der Waals surface area (Å²) in [5, 5.41) is 7.47. The maximum absolute atomic E-state index is 13.0. The number of halogens is 1. The van der Waals surface area contributed by atoms with Crippen LogP contribution in [0.1, 0.15) is 23.4 Å². The van der Waals surface area contributed by atoms with Gasteiger partial charge in [-0.25, -0.2) is 9.18 Å². The standard InChI is InChI=1S/C20H26FN5O/c1-24(2)20(27)22-14-18-13-19-15-25(11-4-12-26(19)23-18)10-3-5-16-6-8-17(21)9-7-16/h3,5-9,13H,4,10-12,14-15H2,1-2H3,(H,22,27)/b5-3+. The molecule has 27 heavy (non-hydrogen) atoms. The van der Waals surface area contributed by atoms with Gasteiger partial charge >= 0.3 is 6.03 Å². The van der Waals surface area contributed by atoms with Gasteiger partial charge in [-0.3, -0.25) is 9.58 Å². The van der Waals surface area contributed by atoms with Crippen LogP contribution < -0.4 is 5.32 Å². The van der Waals surface area contributed by atoms with E-state index >= 15 is 0 Å². The smallest absolute Gasteiger partial charge is 0.317 e. The van der Waals surface area contributed by atoms with E-state index in [9.17, 15) is 9.18 Å². The van der Waals surface area contributed by atoms with E-state index in [1.54, 1.807) is 26.2 Å². The summed E-state index contributed by atoms with van der Waals surface area (Å²) < 4.78 is 15.0. The number of urea groups is 1. The lowest BCUT2D eigenvalue weighted by Crippen LogP contribution is -2.34. The molecule has 0 saturated heterocycles. The number of nitrogens with zero attached hydrogens (tertiary/aromatic N) is 4. The molecule has 0 aliphatic carbocycles. The summed E-state index contributed by atoms with van der Waals surface area (Å²) in [6.07, 6.45) is 5.16. The van der Waals surface area contributed by atoms with Crippen LogP contribution in [-0.2, 0) is 19.6 Å². The fraction of sp³-hybridized carbons (Fsp3) is 0.400. The molecule has 2 aromatic rings. The minimum Gasteiger partial charge on any atom is -0.332 e. The molecule has 0 radical (unpaired) electrons. The fourth-order valence-electron chi connectivity index (χ4n) is 3.07. The second-order valence-electron chi connectivity index (χ2n) is 6.95. The molecular formula is C20H26FN5O. The van der Waals surface area contributed by atoms with Crippen molar-refractivity contribution in [2.24, 2.45) is 0 Å². The monoisotopic (exact) mass is 371 g/mol. The molecule has 2 heterocycles. The molecule has 1 aromatic heterocycles. The van der Waals surface area contributed by atoms with Gasteiger partial charge in [0.2, 0.25) is 0 Å². The Morgan fingerprint density at radius 2 is 2.07 bits per heavy atom. The first-order valence-electron chi connectivity index (χ1n) is 9.16. The van der Waals surface area contributed by atoms with E-state index in [0.29, 0.717) is 6.54 Å². The third-order valence-electron chi connectivity index (χ3n) is 4.51. The van der Waals surface area contributed by atoms with Crippen LogP contribution >= 0.6 is 0 Å². The zero-order chi connectivity index (χ0) is 19.2. The van der Waals surface area contributed by atoms with Gasteiger partial charge in [-0.1, -0.05) is 24.3 Å². The molecule has 0 bridgehead atoms. The van der Waals surface area contributed by atoms with Crippen molar-refractivity contribution in [2.75, 3.05) is 27.2 Å². The lowest BCUT2D eigenvalue weighted by atomic mass is 10.2. The maximum atomic E-state index is 13.0. The van der Waals surface area contributed by atoms with E-state index in [0.717, 1.165) is 49.6 Å². The summed E-state index contributed by atoms with van der Waals surface area (Å²) in [7, 11) is 3.43. The highest BCUT2D eigenvalue weighted by atomic mass is 19.1. The molecule has 7 heteroatoms. The Hall–Kier alpha value is -2.67. The van der Waals surface area contributed by atoms with Crippen LogP contribution in [0.15, 0.2) is 36.4 Å². The van der Waals surface area contributed by atoms with Gasteiger partial charge in [-0.2, -0.15) is 5.10 Å². The molecular weight excluding hydrogens is 345 g/mol. The molecule has 1 aliphatic heterocycles. The Labute approximate surface area is 159 Å². The number of fused-ring (bicyclic) bond motifs is 1.